The number of benzene rings is 1. The highest BCUT2D eigenvalue weighted by Crippen LogP contribution is 2.13. The zero-order valence-electron chi connectivity index (χ0n) is 11.5. The van der Waals surface area contributed by atoms with Crippen LogP contribution in [0.2, 0.25) is 0 Å². The molecular weight excluding hydrogens is 288 g/mol. The minimum absolute atomic E-state index is 0. The largest absolute Gasteiger partial charge is 0.348 e. The summed E-state index contributed by atoms with van der Waals surface area (Å²) in [6, 6.07) is 9.38. The standard InChI is InChI=1S/C15H14N4O.ClH/c1-19-10-18-13-8-11(2-3-14(13)19)9-17-15(20)12-4-6-16-7-5-12;/h2-8,10H,9H2,1H3,(H,17,20);1H. The van der Waals surface area contributed by atoms with Crippen molar-refractivity contribution >= 4 is 29.3 Å². The van der Waals surface area contributed by atoms with E-state index in [0.717, 1.165) is 16.6 Å². The van der Waals surface area contributed by atoms with Gasteiger partial charge in [-0.15, -0.1) is 12.4 Å². The van der Waals surface area contributed by atoms with Gasteiger partial charge in [0, 0.05) is 31.5 Å². The maximum atomic E-state index is 11.9. The average Bonchev–Trinajstić information content (AvgIpc) is 2.87. The van der Waals surface area contributed by atoms with Crippen LogP contribution in [0.15, 0.2) is 49.1 Å². The van der Waals surface area contributed by atoms with E-state index in [0.29, 0.717) is 12.1 Å². The molecular formula is C15H15ClN4O. The number of aromatic nitrogens is 3. The van der Waals surface area contributed by atoms with Crippen LogP contribution in [0.3, 0.4) is 0 Å². The minimum Gasteiger partial charge on any atom is -0.348 e. The summed E-state index contributed by atoms with van der Waals surface area (Å²) >= 11 is 0. The maximum Gasteiger partial charge on any atom is 0.251 e. The van der Waals surface area contributed by atoms with Crippen molar-refractivity contribution in [2.45, 2.75) is 6.54 Å². The van der Waals surface area contributed by atoms with Gasteiger partial charge in [0.2, 0.25) is 0 Å². The number of aryl methyl sites for hydroxylation is 1. The van der Waals surface area contributed by atoms with Crippen LogP contribution in [0.25, 0.3) is 11.0 Å². The van der Waals surface area contributed by atoms with Crippen molar-refractivity contribution in [2.24, 2.45) is 7.05 Å². The first-order valence-electron chi connectivity index (χ1n) is 6.32. The number of fused-ring (bicyclic) bond motifs is 1. The van der Waals surface area contributed by atoms with E-state index in [9.17, 15) is 4.79 Å². The number of nitrogens with zero attached hydrogens (tertiary/aromatic N) is 3. The topological polar surface area (TPSA) is 59.8 Å². The molecule has 0 radical (unpaired) electrons. The molecule has 0 spiro atoms. The highest BCUT2D eigenvalue weighted by molar-refractivity contribution is 5.94. The molecule has 0 aliphatic rings. The lowest BCUT2D eigenvalue weighted by Crippen LogP contribution is -2.22. The van der Waals surface area contributed by atoms with Crippen molar-refractivity contribution in [3.05, 3.63) is 60.2 Å². The fraction of sp³-hybridized carbons (Fsp3) is 0.133. The van der Waals surface area contributed by atoms with E-state index in [1.807, 2.05) is 29.8 Å². The molecule has 0 atom stereocenters. The highest BCUT2D eigenvalue weighted by atomic mass is 35.5. The Morgan fingerprint density at radius 1 is 1.24 bits per heavy atom. The third-order valence-electron chi connectivity index (χ3n) is 3.19. The number of hydrogen-bond donors (Lipinski definition) is 1. The van der Waals surface area contributed by atoms with Crippen LogP contribution in [-0.2, 0) is 13.6 Å². The third kappa shape index (κ3) is 3.20. The van der Waals surface area contributed by atoms with Crippen LogP contribution in [0.1, 0.15) is 15.9 Å². The normalized spacial score (nSPS) is 10.1. The molecule has 5 nitrogen and oxygen atoms in total. The molecule has 0 aliphatic heterocycles. The first-order valence-corrected chi connectivity index (χ1v) is 6.32. The molecule has 108 valence electrons. The Hall–Kier alpha value is -2.40. The van der Waals surface area contributed by atoms with Gasteiger partial charge >= 0.3 is 0 Å². The number of carbonyl (C=O) groups is 1. The van der Waals surface area contributed by atoms with Crippen LogP contribution in [0.4, 0.5) is 0 Å². The van der Waals surface area contributed by atoms with Crippen molar-refractivity contribution in [3.8, 4) is 0 Å². The molecule has 0 saturated heterocycles. The molecule has 2 aromatic heterocycles. The van der Waals surface area contributed by atoms with Crippen LogP contribution >= 0.6 is 12.4 Å². The van der Waals surface area contributed by atoms with Crippen LogP contribution < -0.4 is 5.32 Å². The summed E-state index contributed by atoms with van der Waals surface area (Å²) < 4.78 is 1.97. The average molecular weight is 303 g/mol. The van der Waals surface area contributed by atoms with Gasteiger partial charge in [-0.05, 0) is 29.8 Å². The van der Waals surface area contributed by atoms with E-state index < -0.39 is 0 Å². The smallest absolute Gasteiger partial charge is 0.251 e. The number of carbonyl (C=O) groups excluding carboxylic acids is 1. The summed E-state index contributed by atoms with van der Waals surface area (Å²) in [5.41, 5.74) is 3.65. The van der Waals surface area contributed by atoms with Gasteiger partial charge in [0.15, 0.2) is 0 Å². The number of nitrogens with one attached hydrogen (secondary N) is 1. The maximum absolute atomic E-state index is 11.9. The Morgan fingerprint density at radius 2 is 2.00 bits per heavy atom. The summed E-state index contributed by atoms with van der Waals surface area (Å²) in [5, 5.41) is 2.89. The second-order valence-electron chi connectivity index (χ2n) is 4.60. The van der Waals surface area contributed by atoms with E-state index in [4.69, 9.17) is 0 Å². The Kier molecular flexibility index (Phi) is 4.55. The molecule has 3 aromatic rings. The van der Waals surface area contributed by atoms with Gasteiger partial charge in [0.25, 0.3) is 5.91 Å². The van der Waals surface area contributed by atoms with Crippen LogP contribution in [0, 0.1) is 0 Å². The van der Waals surface area contributed by atoms with Crippen molar-refractivity contribution in [3.63, 3.8) is 0 Å². The molecule has 0 fully saturated rings. The van der Waals surface area contributed by atoms with Crippen molar-refractivity contribution < 1.29 is 4.79 Å². The Balaban J connectivity index is 0.00000161. The van der Waals surface area contributed by atoms with E-state index in [2.05, 4.69) is 15.3 Å². The van der Waals surface area contributed by atoms with E-state index >= 15 is 0 Å². The SMILES string of the molecule is Cl.Cn1cnc2cc(CNC(=O)c3ccncc3)ccc21. The Morgan fingerprint density at radius 3 is 2.76 bits per heavy atom. The molecule has 1 aromatic carbocycles. The second-order valence-corrected chi connectivity index (χ2v) is 4.60. The molecule has 0 aliphatic carbocycles. The number of pyridine rings is 1. The van der Waals surface area contributed by atoms with E-state index in [-0.39, 0.29) is 18.3 Å². The molecule has 0 saturated carbocycles. The van der Waals surface area contributed by atoms with Gasteiger partial charge in [-0.25, -0.2) is 4.98 Å². The molecule has 6 heteroatoms. The number of amides is 1. The molecule has 0 bridgehead atoms. The lowest BCUT2D eigenvalue weighted by atomic mass is 10.2. The zero-order valence-corrected chi connectivity index (χ0v) is 12.3. The van der Waals surface area contributed by atoms with Crippen molar-refractivity contribution in [1.82, 2.24) is 19.9 Å². The van der Waals surface area contributed by atoms with Crippen LogP contribution in [0.5, 0.6) is 0 Å². The van der Waals surface area contributed by atoms with E-state index in [1.54, 1.807) is 30.9 Å². The van der Waals surface area contributed by atoms with Gasteiger partial charge < -0.3 is 9.88 Å². The predicted molar refractivity (Wildman–Crippen MR) is 83.4 cm³/mol. The monoisotopic (exact) mass is 302 g/mol. The predicted octanol–water partition coefficient (Wildman–Crippen LogP) is 2.32. The molecule has 2 heterocycles. The first kappa shape index (κ1) is 15.0. The van der Waals surface area contributed by atoms with E-state index in [1.165, 1.54) is 0 Å². The highest BCUT2D eigenvalue weighted by Gasteiger charge is 2.05. The lowest BCUT2D eigenvalue weighted by molar-refractivity contribution is 0.0951. The summed E-state index contributed by atoms with van der Waals surface area (Å²) in [7, 11) is 1.96. The quantitative estimate of drug-likeness (QED) is 0.808. The summed E-state index contributed by atoms with van der Waals surface area (Å²) in [4.78, 5) is 20.1. The van der Waals surface area contributed by atoms with Gasteiger partial charge in [-0.1, -0.05) is 6.07 Å². The van der Waals surface area contributed by atoms with Crippen molar-refractivity contribution in [1.29, 1.82) is 0 Å². The number of halogens is 1. The second kappa shape index (κ2) is 6.37. The summed E-state index contributed by atoms with van der Waals surface area (Å²) in [5.74, 6) is -0.103. The number of rotatable bonds is 3. The molecule has 21 heavy (non-hydrogen) atoms. The number of imidazole rings is 1. The summed E-state index contributed by atoms with van der Waals surface area (Å²) in [6.07, 6.45) is 4.99. The number of hydrogen-bond acceptors (Lipinski definition) is 3. The molecule has 0 unspecified atom stereocenters. The molecule has 1 amide bonds. The minimum atomic E-state index is -0.103. The van der Waals surface area contributed by atoms with Gasteiger partial charge in [0.1, 0.15) is 0 Å². The summed E-state index contributed by atoms with van der Waals surface area (Å²) in [6.45, 7) is 0.480. The van der Waals surface area contributed by atoms with Crippen LogP contribution in [-0.4, -0.2) is 20.4 Å². The molecule has 3 rings (SSSR count). The van der Waals surface area contributed by atoms with Gasteiger partial charge in [-0.2, -0.15) is 0 Å². The Labute approximate surface area is 128 Å². The fourth-order valence-corrected chi connectivity index (χ4v) is 2.08. The zero-order chi connectivity index (χ0) is 13.9. The van der Waals surface area contributed by atoms with Gasteiger partial charge in [0.05, 0.1) is 17.4 Å². The van der Waals surface area contributed by atoms with Gasteiger partial charge in [-0.3, -0.25) is 9.78 Å². The first-order chi connectivity index (χ1) is 9.74. The lowest BCUT2D eigenvalue weighted by Gasteiger charge is -2.05. The third-order valence-corrected chi connectivity index (χ3v) is 3.19. The Bertz CT molecular complexity index is 755. The fourth-order valence-electron chi connectivity index (χ4n) is 2.08. The molecule has 1 N–H and O–H groups in total. The van der Waals surface area contributed by atoms with Crippen molar-refractivity contribution in [2.75, 3.05) is 0 Å².